The Morgan fingerprint density at radius 3 is 2.75 bits per heavy atom. The van der Waals surface area contributed by atoms with Gasteiger partial charge in [-0.25, -0.2) is 0 Å². The molecule has 0 aromatic rings. The molecule has 1 saturated heterocycles. The molecule has 0 bridgehead atoms. The van der Waals surface area contributed by atoms with Crippen molar-refractivity contribution in [1.29, 1.82) is 0 Å². The number of nitrogens with zero attached hydrogens (tertiary/aromatic N) is 1. The summed E-state index contributed by atoms with van der Waals surface area (Å²) < 4.78 is 5.02. The Hall–Kier alpha value is 0.230. The zero-order chi connectivity index (χ0) is 11.6. The van der Waals surface area contributed by atoms with Gasteiger partial charge in [-0.05, 0) is 44.6 Å². The highest BCUT2D eigenvalue weighted by Gasteiger charge is 2.17. The number of hydrogen-bond acceptors (Lipinski definition) is 4. The van der Waals surface area contributed by atoms with Gasteiger partial charge in [0.25, 0.3) is 0 Å². The van der Waals surface area contributed by atoms with E-state index in [1.807, 2.05) is 11.8 Å². The zero-order valence-corrected chi connectivity index (χ0v) is 11.5. The quantitative estimate of drug-likeness (QED) is 0.653. The number of rotatable bonds is 8. The Labute approximate surface area is 104 Å². The van der Waals surface area contributed by atoms with Gasteiger partial charge in [0.15, 0.2) is 0 Å². The Balaban J connectivity index is 1.98. The van der Waals surface area contributed by atoms with Gasteiger partial charge in [-0.1, -0.05) is 0 Å². The van der Waals surface area contributed by atoms with Gasteiger partial charge in [-0.15, -0.1) is 0 Å². The van der Waals surface area contributed by atoms with Crippen LogP contribution in [-0.2, 0) is 4.74 Å². The highest BCUT2D eigenvalue weighted by molar-refractivity contribution is 7.98. The van der Waals surface area contributed by atoms with E-state index in [4.69, 9.17) is 4.74 Å². The van der Waals surface area contributed by atoms with E-state index < -0.39 is 0 Å². The molecule has 0 saturated carbocycles. The van der Waals surface area contributed by atoms with Crippen molar-refractivity contribution in [2.24, 2.45) is 5.92 Å². The first-order chi connectivity index (χ1) is 7.86. The molecule has 0 aromatic carbocycles. The maximum Gasteiger partial charge on any atom is 0.0587 e. The van der Waals surface area contributed by atoms with Crippen LogP contribution in [0, 0.1) is 5.92 Å². The number of piperidine rings is 1. The monoisotopic (exact) mass is 246 g/mol. The normalized spacial score (nSPS) is 19.1. The summed E-state index contributed by atoms with van der Waals surface area (Å²) >= 11 is 1.95. The maximum atomic E-state index is 5.02. The Morgan fingerprint density at radius 2 is 2.12 bits per heavy atom. The molecule has 0 atom stereocenters. The molecule has 0 aliphatic carbocycles. The largest absolute Gasteiger partial charge is 0.383 e. The van der Waals surface area contributed by atoms with Crippen molar-refractivity contribution in [3.05, 3.63) is 0 Å². The Morgan fingerprint density at radius 1 is 1.38 bits per heavy atom. The number of nitrogens with one attached hydrogen (secondary N) is 1. The second kappa shape index (κ2) is 9.28. The fourth-order valence-electron chi connectivity index (χ4n) is 2.11. The summed E-state index contributed by atoms with van der Waals surface area (Å²) in [5.74, 6) is 2.15. The third-order valence-electron chi connectivity index (χ3n) is 3.23. The molecule has 1 aliphatic rings. The second-order valence-electron chi connectivity index (χ2n) is 4.47. The van der Waals surface area contributed by atoms with Crippen LogP contribution in [0.2, 0.25) is 0 Å². The fraction of sp³-hybridized carbons (Fsp3) is 1.00. The molecule has 0 radical (unpaired) electrons. The van der Waals surface area contributed by atoms with Gasteiger partial charge < -0.3 is 15.0 Å². The minimum atomic E-state index is 0.826. The van der Waals surface area contributed by atoms with Crippen LogP contribution >= 0.6 is 11.8 Å². The summed E-state index contributed by atoms with van der Waals surface area (Å²) in [6.45, 7) is 6.83. The third-order valence-corrected chi connectivity index (χ3v) is 3.83. The van der Waals surface area contributed by atoms with Crippen molar-refractivity contribution in [2.75, 3.05) is 58.4 Å². The fourth-order valence-corrected chi connectivity index (χ4v) is 2.56. The van der Waals surface area contributed by atoms with Crippen LogP contribution in [0.4, 0.5) is 0 Å². The van der Waals surface area contributed by atoms with Crippen molar-refractivity contribution < 1.29 is 4.74 Å². The molecule has 1 N–H and O–H groups in total. The Kier molecular flexibility index (Phi) is 8.29. The lowest BCUT2D eigenvalue weighted by Gasteiger charge is -2.31. The van der Waals surface area contributed by atoms with E-state index in [0.29, 0.717) is 0 Å². The first kappa shape index (κ1) is 14.3. The predicted octanol–water partition coefficient (Wildman–Crippen LogP) is 1.30. The summed E-state index contributed by atoms with van der Waals surface area (Å²) in [5, 5.41) is 3.47. The van der Waals surface area contributed by atoms with Crippen LogP contribution in [0.5, 0.6) is 0 Å². The summed E-state index contributed by atoms with van der Waals surface area (Å²) in [5.41, 5.74) is 0. The van der Waals surface area contributed by atoms with E-state index in [1.165, 1.54) is 44.8 Å². The molecule has 16 heavy (non-hydrogen) atoms. The van der Waals surface area contributed by atoms with Crippen molar-refractivity contribution in [3.8, 4) is 0 Å². The third kappa shape index (κ3) is 6.09. The number of likely N-dealkylation sites (tertiary alicyclic amines) is 1. The molecule has 1 rings (SSSR count). The van der Waals surface area contributed by atoms with Gasteiger partial charge in [-0.2, -0.15) is 11.8 Å². The molecule has 0 unspecified atom stereocenters. The van der Waals surface area contributed by atoms with E-state index >= 15 is 0 Å². The van der Waals surface area contributed by atoms with Gasteiger partial charge in [0.2, 0.25) is 0 Å². The summed E-state index contributed by atoms with van der Waals surface area (Å²) in [6.07, 6.45) is 4.90. The molecule has 0 spiro atoms. The first-order valence-corrected chi connectivity index (χ1v) is 7.67. The molecule has 0 amide bonds. The summed E-state index contributed by atoms with van der Waals surface area (Å²) in [4.78, 5) is 2.60. The van der Waals surface area contributed by atoms with Crippen LogP contribution in [0.3, 0.4) is 0 Å². The molecular formula is C12H26N2OS. The van der Waals surface area contributed by atoms with Crippen molar-refractivity contribution in [2.45, 2.75) is 12.8 Å². The van der Waals surface area contributed by atoms with Crippen LogP contribution in [-0.4, -0.2) is 63.3 Å². The van der Waals surface area contributed by atoms with E-state index in [2.05, 4.69) is 16.5 Å². The van der Waals surface area contributed by atoms with Gasteiger partial charge >= 0.3 is 0 Å². The van der Waals surface area contributed by atoms with Crippen LogP contribution < -0.4 is 5.32 Å². The lowest BCUT2D eigenvalue weighted by molar-refractivity contribution is 0.178. The minimum absolute atomic E-state index is 0.826. The number of methoxy groups -OCH3 is 1. The standard InChI is InChI=1S/C12H26N2OS/c1-15-9-5-13-11-12-3-6-14(7-4-12)8-10-16-2/h12-13H,3-11H2,1-2H3. The molecule has 1 aliphatic heterocycles. The molecule has 1 fully saturated rings. The highest BCUT2D eigenvalue weighted by atomic mass is 32.2. The molecular weight excluding hydrogens is 220 g/mol. The maximum absolute atomic E-state index is 5.02. The van der Waals surface area contributed by atoms with Gasteiger partial charge in [-0.3, -0.25) is 0 Å². The lowest BCUT2D eigenvalue weighted by Crippen LogP contribution is -2.38. The van der Waals surface area contributed by atoms with Crippen LogP contribution in [0.1, 0.15) is 12.8 Å². The van der Waals surface area contributed by atoms with E-state index in [-0.39, 0.29) is 0 Å². The number of thioether (sulfide) groups is 1. The van der Waals surface area contributed by atoms with E-state index in [1.54, 1.807) is 7.11 Å². The van der Waals surface area contributed by atoms with E-state index in [9.17, 15) is 0 Å². The summed E-state index contributed by atoms with van der Waals surface area (Å²) in [6, 6.07) is 0. The summed E-state index contributed by atoms with van der Waals surface area (Å²) in [7, 11) is 1.76. The topological polar surface area (TPSA) is 24.5 Å². The average Bonchev–Trinajstić information content (AvgIpc) is 2.33. The smallest absolute Gasteiger partial charge is 0.0587 e. The molecule has 3 nitrogen and oxygen atoms in total. The van der Waals surface area contributed by atoms with Crippen molar-refractivity contribution in [3.63, 3.8) is 0 Å². The number of hydrogen-bond donors (Lipinski definition) is 1. The second-order valence-corrected chi connectivity index (χ2v) is 5.46. The molecule has 96 valence electrons. The predicted molar refractivity (Wildman–Crippen MR) is 72.3 cm³/mol. The van der Waals surface area contributed by atoms with Crippen molar-refractivity contribution >= 4 is 11.8 Å². The van der Waals surface area contributed by atoms with Gasteiger partial charge in [0.1, 0.15) is 0 Å². The van der Waals surface area contributed by atoms with Crippen molar-refractivity contribution in [1.82, 2.24) is 10.2 Å². The SMILES string of the molecule is COCCNCC1CCN(CCSC)CC1. The molecule has 1 heterocycles. The highest BCUT2D eigenvalue weighted by Crippen LogP contribution is 2.16. The van der Waals surface area contributed by atoms with E-state index in [0.717, 1.165) is 19.1 Å². The molecule has 0 aromatic heterocycles. The van der Waals surface area contributed by atoms with Crippen LogP contribution in [0.15, 0.2) is 0 Å². The van der Waals surface area contributed by atoms with Crippen LogP contribution in [0.25, 0.3) is 0 Å². The van der Waals surface area contributed by atoms with Gasteiger partial charge in [0.05, 0.1) is 6.61 Å². The lowest BCUT2D eigenvalue weighted by atomic mass is 9.97. The molecule has 4 heteroatoms. The minimum Gasteiger partial charge on any atom is -0.383 e. The first-order valence-electron chi connectivity index (χ1n) is 6.27. The zero-order valence-electron chi connectivity index (χ0n) is 10.7. The number of ether oxygens (including phenoxy) is 1. The Bertz CT molecular complexity index is 161. The van der Waals surface area contributed by atoms with Gasteiger partial charge in [0, 0.05) is 26.0 Å². The average molecular weight is 246 g/mol.